The second kappa shape index (κ2) is 10.3. The van der Waals surface area contributed by atoms with Crippen molar-refractivity contribution in [3.8, 4) is 0 Å². The summed E-state index contributed by atoms with van der Waals surface area (Å²) in [5.74, 6) is 0. The van der Waals surface area contributed by atoms with E-state index in [0.717, 1.165) is 19.1 Å². The predicted octanol–water partition coefficient (Wildman–Crippen LogP) is 4.66. The van der Waals surface area contributed by atoms with Crippen molar-refractivity contribution in [1.82, 2.24) is 0 Å². The molecule has 0 aliphatic rings. The quantitative estimate of drug-likeness (QED) is 0.354. The zero-order valence-electron chi connectivity index (χ0n) is 13.2. The van der Waals surface area contributed by atoms with Gasteiger partial charge < -0.3 is 4.79 Å². The number of carbonyl (C=O) groups excluding carboxylic acids is 1. The molecule has 2 aromatic carbocycles. The maximum absolute atomic E-state index is 10.3. The number of benzene rings is 2. The van der Waals surface area contributed by atoms with Crippen molar-refractivity contribution in [3.63, 3.8) is 0 Å². The largest absolute Gasteiger partial charge is 0.303 e. The number of aldehydes is 1. The van der Waals surface area contributed by atoms with Gasteiger partial charge in [-0.1, -0.05) is 79.9 Å². The minimum Gasteiger partial charge on any atom is -0.303 e. The zero-order valence-corrected chi connectivity index (χ0v) is 14.1. The molecular formula is C20H25OP. The Bertz CT molecular complexity index is 484. The topological polar surface area (TPSA) is 17.1 Å². The van der Waals surface area contributed by atoms with E-state index >= 15 is 0 Å². The van der Waals surface area contributed by atoms with Crippen LogP contribution in [-0.4, -0.2) is 12.4 Å². The number of rotatable bonds is 10. The molecule has 0 aromatic heterocycles. The summed E-state index contributed by atoms with van der Waals surface area (Å²) < 4.78 is 0. The van der Waals surface area contributed by atoms with Gasteiger partial charge in [0.1, 0.15) is 6.29 Å². The molecule has 2 rings (SSSR count). The van der Waals surface area contributed by atoms with Crippen LogP contribution in [0.4, 0.5) is 0 Å². The smallest absolute Gasteiger partial charge is 0.119 e. The number of hydrogen-bond donors (Lipinski definition) is 0. The first-order valence-electron chi connectivity index (χ1n) is 8.23. The lowest BCUT2D eigenvalue weighted by Crippen LogP contribution is -2.13. The van der Waals surface area contributed by atoms with E-state index in [-0.39, 0.29) is 7.92 Å². The Hall–Kier alpha value is -1.46. The van der Waals surface area contributed by atoms with Gasteiger partial charge >= 0.3 is 0 Å². The van der Waals surface area contributed by atoms with E-state index in [1.54, 1.807) is 0 Å². The second-order valence-electron chi connectivity index (χ2n) is 5.55. The Labute approximate surface area is 135 Å². The van der Waals surface area contributed by atoms with Crippen LogP contribution in [0.15, 0.2) is 60.7 Å². The molecule has 0 saturated carbocycles. The van der Waals surface area contributed by atoms with E-state index in [0.29, 0.717) is 0 Å². The molecule has 2 aromatic rings. The summed E-state index contributed by atoms with van der Waals surface area (Å²) in [4.78, 5) is 10.3. The minimum atomic E-state index is -0.235. The highest BCUT2D eigenvalue weighted by molar-refractivity contribution is 7.73. The van der Waals surface area contributed by atoms with Gasteiger partial charge in [0, 0.05) is 6.42 Å². The Balaban J connectivity index is 1.88. The molecular weight excluding hydrogens is 287 g/mol. The second-order valence-corrected chi connectivity index (χ2v) is 7.88. The van der Waals surface area contributed by atoms with Gasteiger partial charge in [-0.3, -0.25) is 0 Å². The molecule has 0 spiro atoms. The highest BCUT2D eigenvalue weighted by atomic mass is 31.1. The molecule has 1 nitrogen and oxygen atoms in total. The molecule has 0 fully saturated rings. The Morgan fingerprint density at radius 1 is 0.682 bits per heavy atom. The normalized spacial score (nSPS) is 10.8. The molecule has 22 heavy (non-hydrogen) atoms. The van der Waals surface area contributed by atoms with E-state index in [2.05, 4.69) is 60.7 Å². The summed E-state index contributed by atoms with van der Waals surface area (Å²) in [6, 6.07) is 21.8. The van der Waals surface area contributed by atoms with E-state index < -0.39 is 0 Å². The maximum Gasteiger partial charge on any atom is 0.119 e. The molecule has 116 valence electrons. The molecule has 0 saturated heterocycles. The highest BCUT2D eigenvalue weighted by Gasteiger charge is 2.12. The SMILES string of the molecule is O=CCCCCCCCP(c1ccccc1)c1ccccc1. The Kier molecular flexibility index (Phi) is 7.91. The van der Waals surface area contributed by atoms with Crippen LogP contribution in [0.25, 0.3) is 0 Å². The van der Waals surface area contributed by atoms with Crippen molar-refractivity contribution in [2.24, 2.45) is 0 Å². The van der Waals surface area contributed by atoms with E-state index in [1.165, 1.54) is 42.5 Å². The maximum atomic E-state index is 10.3. The summed E-state index contributed by atoms with van der Waals surface area (Å²) in [6.45, 7) is 0. The minimum absolute atomic E-state index is 0.235. The summed E-state index contributed by atoms with van der Waals surface area (Å²) in [6.07, 6.45) is 9.05. The van der Waals surface area contributed by atoms with Crippen molar-refractivity contribution in [2.45, 2.75) is 38.5 Å². The molecule has 0 aliphatic carbocycles. The van der Waals surface area contributed by atoms with Crippen molar-refractivity contribution in [2.75, 3.05) is 6.16 Å². The average molecular weight is 312 g/mol. The van der Waals surface area contributed by atoms with Crippen molar-refractivity contribution >= 4 is 24.8 Å². The van der Waals surface area contributed by atoms with Gasteiger partial charge in [0.25, 0.3) is 0 Å². The van der Waals surface area contributed by atoms with Gasteiger partial charge in [0.15, 0.2) is 0 Å². The van der Waals surface area contributed by atoms with E-state index in [9.17, 15) is 4.79 Å². The molecule has 0 heterocycles. The van der Waals surface area contributed by atoms with E-state index in [1.807, 2.05) is 0 Å². The van der Waals surface area contributed by atoms with Crippen LogP contribution in [0.3, 0.4) is 0 Å². The van der Waals surface area contributed by atoms with E-state index in [4.69, 9.17) is 0 Å². The summed E-state index contributed by atoms with van der Waals surface area (Å²) >= 11 is 0. The first kappa shape index (κ1) is 16.9. The molecule has 0 unspecified atom stereocenters. The monoisotopic (exact) mass is 312 g/mol. The average Bonchev–Trinajstić information content (AvgIpc) is 2.59. The van der Waals surface area contributed by atoms with Gasteiger partial charge in [0.2, 0.25) is 0 Å². The van der Waals surface area contributed by atoms with Gasteiger partial charge in [-0.05, 0) is 37.5 Å². The zero-order chi connectivity index (χ0) is 15.5. The molecule has 2 heteroatoms. The van der Waals surface area contributed by atoms with Crippen LogP contribution in [0.1, 0.15) is 38.5 Å². The summed E-state index contributed by atoms with van der Waals surface area (Å²) in [5.41, 5.74) is 0. The van der Waals surface area contributed by atoms with Crippen molar-refractivity contribution < 1.29 is 4.79 Å². The van der Waals surface area contributed by atoms with Gasteiger partial charge in [0.05, 0.1) is 0 Å². The molecule has 0 aliphatic heterocycles. The van der Waals surface area contributed by atoms with Crippen LogP contribution in [0.5, 0.6) is 0 Å². The van der Waals surface area contributed by atoms with Crippen LogP contribution < -0.4 is 10.6 Å². The molecule has 0 amide bonds. The van der Waals surface area contributed by atoms with Crippen LogP contribution >= 0.6 is 7.92 Å². The van der Waals surface area contributed by atoms with Crippen LogP contribution in [-0.2, 0) is 4.79 Å². The summed E-state index contributed by atoms with van der Waals surface area (Å²) in [5, 5.41) is 2.95. The first-order valence-corrected chi connectivity index (χ1v) is 9.76. The fraction of sp³-hybridized carbons (Fsp3) is 0.350. The molecule has 0 bridgehead atoms. The molecule has 0 atom stereocenters. The Morgan fingerprint density at radius 2 is 1.18 bits per heavy atom. The standard InChI is InChI=1S/C20H25OP/c21-17-11-3-1-2-4-12-18-22(19-13-7-5-8-14-19)20-15-9-6-10-16-20/h5-10,13-17H,1-4,11-12,18H2. The first-order chi connectivity index (χ1) is 10.9. The van der Waals surface area contributed by atoms with Gasteiger partial charge in [-0.25, -0.2) is 0 Å². The van der Waals surface area contributed by atoms with Crippen molar-refractivity contribution in [1.29, 1.82) is 0 Å². The fourth-order valence-corrected chi connectivity index (χ4v) is 5.07. The lowest BCUT2D eigenvalue weighted by atomic mass is 10.1. The fourth-order valence-electron chi connectivity index (χ4n) is 2.65. The third-order valence-corrected chi connectivity index (χ3v) is 6.45. The summed E-state index contributed by atoms with van der Waals surface area (Å²) in [7, 11) is -0.235. The Morgan fingerprint density at radius 3 is 1.73 bits per heavy atom. The van der Waals surface area contributed by atoms with Gasteiger partial charge in [-0.2, -0.15) is 0 Å². The molecule has 0 radical (unpaired) electrons. The number of unbranched alkanes of at least 4 members (excludes halogenated alkanes) is 5. The predicted molar refractivity (Wildman–Crippen MR) is 97.7 cm³/mol. The van der Waals surface area contributed by atoms with Crippen molar-refractivity contribution in [3.05, 3.63) is 60.7 Å². The molecule has 0 N–H and O–H groups in total. The third kappa shape index (κ3) is 5.73. The van der Waals surface area contributed by atoms with Crippen LogP contribution in [0.2, 0.25) is 0 Å². The number of hydrogen-bond acceptors (Lipinski definition) is 1. The third-order valence-electron chi connectivity index (χ3n) is 3.84. The lowest BCUT2D eigenvalue weighted by Gasteiger charge is -2.18. The van der Waals surface area contributed by atoms with Crippen LogP contribution in [0, 0.1) is 0 Å². The van der Waals surface area contributed by atoms with Gasteiger partial charge in [-0.15, -0.1) is 0 Å². The number of carbonyl (C=O) groups is 1. The lowest BCUT2D eigenvalue weighted by molar-refractivity contribution is -0.107. The highest BCUT2D eigenvalue weighted by Crippen LogP contribution is 2.34.